The molecule has 0 aromatic carbocycles. The van der Waals surface area contributed by atoms with Crippen molar-refractivity contribution in [3.63, 3.8) is 0 Å². The highest BCUT2D eigenvalue weighted by Crippen LogP contribution is 2.50. The predicted octanol–water partition coefficient (Wildman–Crippen LogP) is 8.00. The summed E-state index contributed by atoms with van der Waals surface area (Å²) in [5, 5.41) is 7.87. The van der Waals surface area contributed by atoms with Crippen molar-refractivity contribution in [1.29, 1.82) is 0 Å². The maximum atomic E-state index is 2.59. The molecule has 0 fully saturated rings. The first-order valence-corrected chi connectivity index (χ1v) is 14.5. The van der Waals surface area contributed by atoms with Crippen LogP contribution in [0.5, 0.6) is 0 Å². The lowest BCUT2D eigenvalue weighted by atomic mass is 10.1. The summed E-state index contributed by atoms with van der Waals surface area (Å²) in [6, 6.07) is 8.96. The molecule has 0 bridgehead atoms. The minimum absolute atomic E-state index is 0.550. The SMILES string of the molecule is CC1=CC(c2cccs2)=C([Si](C)(C)C2=C(c3cccs3)C=C(C)C2C)C1C. The zero-order valence-corrected chi connectivity index (χ0v) is 19.7. The number of hydrogen-bond acceptors (Lipinski definition) is 2. The Hall–Kier alpha value is -1.42. The number of thiophene rings is 2. The molecule has 0 saturated carbocycles. The fraction of sp³-hybridized carbons (Fsp3) is 0.333. The van der Waals surface area contributed by atoms with E-state index < -0.39 is 8.07 Å². The van der Waals surface area contributed by atoms with Gasteiger partial charge in [-0.1, -0.05) is 72.8 Å². The van der Waals surface area contributed by atoms with Gasteiger partial charge < -0.3 is 0 Å². The van der Waals surface area contributed by atoms with Gasteiger partial charge in [-0.2, -0.15) is 0 Å². The van der Waals surface area contributed by atoms with E-state index in [0.29, 0.717) is 11.8 Å². The Morgan fingerprint density at radius 1 is 0.741 bits per heavy atom. The highest BCUT2D eigenvalue weighted by molar-refractivity contribution is 7.12. The minimum Gasteiger partial charge on any atom is -0.144 e. The number of hydrogen-bond donors (Lipinski definition) is 0. The average Bonchev–Trinajstić information content (AvgIpc) is 3.38. The van der Waals surface area contributed by atoms with Crippen LogP contribution in [0.2, 0.25) is 13.1 Å². The van der Waals surface area contributed by atoms with Gasteiger partial charge in [-0.3, -0.25) is 0 Å². The van der Waals surface area contributed by atoms with Crippen molar-refractivity contribution in [2.24, 2.45) is 11.8 Å². The summed E-state index contributed by atoms with van der Waals surface area (Å²) in [5.41, 5.74) is 6.06. The Bertz CT molecular complexity index is 899. The van der Waals surface area contributed by atoms with E-state index in [0.717, 1.165) is 0 Å². The van der Waals surface area contributed by atoms with E-state index in [9.17, 15) is 0 Å². The smallest absolute Gasteiger partial charge is 0.106 e. The maximum absolute atomic E-state index is 2.59. The molecule has 0 aliphatic heterocycles. The van der Waals surface area contributed by atoms with Crippen LogP contribution in [-0.4, -0.2) is 8.07 Å². The molecule has 27 heavy (non-hydrogen) atoms. The second kappa shape index (κ2) is 6.88. The van der Waals surface area contributed by atoms with Crippen molar-refractivity contribution in [2.45, 2.75) is 40.8 Å². The topological polar surface area (TPSA) is 0 Å². The van der Waals surface area contributed by atoms with Crippen molar-refractivity contribution in [2.75, 3.05) is 0 Å². The van der Waals surface area contributed by atoms with Gasteiger partial charge in [-0.05, 0) is 59.7 Å². The van der Waals surface area contributed by atoms with Gasteiger partial charge in [-0.15, -0.1) is 22.7 Å². The first-order chi connectivity index (χ1) is 12.8. The molecule has 2 atom stereocenters. The zero-order chi connectivity index (χ0) is 19.3. The fourth-order valence-corrected chi connectivity index (χ4v) is 11.3. The van der Waals surface area contributed by atoms with E-state index in [-0.39, 0.29) is 0 Å². The third kappa shape index (κ3) is 3.00. The van der Waals surface area contributed by atoms with Crippen molar-refractivity contribution < 1.29 is 0 Å². The molecule has 2 unspecified atom stereocenters. The second-order valence-electron chi connectivity index (χ2n) is 8.45. The molecule has 2 aliphatic rings. The van der Waals surface area contributed by atoms with Crippen LogP contribution in [0, 0.1) is 11.8 Å². The van der Waals surface area contributed by atoms with Crippen molar-refractivity contribution >= 4 is 41.9 Å². The van der Waals surface area contributed by atoms with Crippen LogP contribution in [0.15, 0.2) is 68.7 Å². The Morgan fingerprint density at radius 2 is 1.15 bits per heavy atom. The van der Waals surface area contributed by atoms with Crippen molar-refractivity contribution in [3.8, 4) is 0 Å². The van der Waals surface area contributed by atoms with Crippen molar-refractivity contribution in [3.05, 3.63) is 78.5 Å². The molecule has 0 radical (unpaired) electrons. The molecule has 2 aliphatic carbocycles. The summed E-state index contributed by atoms with van der Waals surface area (Å²) in [4.78, 5) is 2.87. The minimum atomic E-state index is -1.82. The molecule has 0 saturated heterocycles. The Kier molecular flexibility index (Phi) is 4.82. The van der Waals surface area contributed by atoms with Gasteiger partial charge in [0.05, 0.1) is 0 Å². The molecule has 140 valence electrons. The first-order valence-electron chi connectivity index (χ1n) is 9.75. The summed E-state index contributed by atoms with van der Waals surface area (Å²) in [6.45, 7) is 14.6. The molecule has 0 nitrogen and oxygen atoms in total. The first kappa shape index (κ1) is 18.9. The molecular formula is C24H28S2Si. The molecule has 4 rings (SSSR count). The van der Waals surface area contributed by atoms with Crippen LogP contribution in [0.1, 0.15) is 37.4 Å². The highest BCUT2D eigenvalue weighted by atomic mass is 32.1. The molecule has 0 amide bonds. The predicted molar refractivity (Wildman–Crippen MR) is 126 cm³/mol. The van der Waals surface area contributed by atoms with Gasteiger partial charge in [0.25, 0.3) is 0 Å². The van der Waals surface area contributed by atoms with Crippen LogP contribution in [0.3, 0.4) is 0 Å². The third-order valence-corrected chi connectivity index (χ3v) is 12.4. The van der Waals surface area contributed by atoms with Gasteiger partial charge in [0, 0.05) is 9.75 Å². The lowest BCUT2D eigenvalue weighted by molar-refractivity contribution is 0.832. The lowest BCUT2D eigenvalue weighted by Crippen LogP contribution is -2.38. The van der Waals surface area contributed by atoms with Crippen LogP contribution < -0.4 is 0 Å². The average molecular weight is 409 g/mol. The van der Waals surface area contributed by atoms with E-state index in [2.05, 4.69) is 88.0 Å². The Balaban J connectivity index is 1.92. The van der Waals surface area contributed by atoms with Gasteiger partial charge in [0.15, 0.2) is 0 Å². The Morgan fingerprint density at radius 3 is 1.48 bits per heavy atom. The monoisotopic (exact) mass is 408 g/mol. The fourth-order valence-electron chi connectivity index (χ4n) is 4.95. The van der Waals surface area contributed by atoms with Gasteiger partial charge in [0.1, 0.15) is 8.07 Å². The van der Waals surface area contributed by atoms with Crippen LogP contribution >= 0.6 is 22.7 Å². The highest BCUT2D eigenvalue weighted by Gasteiger charge is 2.43. The molecule has 0 spiro atoms. The summed E-state index contributed by atoms with van der Waals surface area (Å²) in [7, 11) is -1.82. The van der Waals surface area contributed by atoms with Gasteiger partial charge in [-0.25, -0.2) is 0 Å². The zero-order valence-electron chi connectivity index (χ0n) is 17.1. The summed E-state index contributed by atoms with van der Waals surface area (Å²) >= 11 is 3.76. The van der Waals surface area contributed by atoms with Crippen LogP contribution in [0.4, 0.5) is 0 Å². The summed E-state index contributed by atoms with van der Waals surface area (Å²) in [5.74, 6) is 1.10. The van der Waals surface area contributed by atoms with Gasteiger partial charge >= 0.3 is 0 Å². The molecule has 2 aromatic heterocycles. The van der Waals surface area contributed by atoms with E-state index in [1.165, 1.54) is 32.0 Å². The van der Waals surface area contributed by atoms with Crippen LogP contribution in [0.25, 0.3) is 11.1 Å². The number of rotatable bonds is 4. The quantitative estimate of drug-likeness (QED) is 0.450. The molecular weight excluding hydrogens is 380 g/mol. The maximum Gasteiger partial charge on any atom is 0.106 e. The largest absolute Gasteiger partial charge is 0.144 e. The van der Waals surface area contributed by atoms with E-state index >= 15 is 0 Å². The van der Waals surface area contributed by atoms with Crippen LogP contribution in [-0.2, 0) is 0 Å². The molecule has 0 N–H and O–H groups in total. The third-order valence-electron chi connectivity index (χ3n) is 6.48. The molecule has 3 heteroatoms. The normalized spacial score (nSPS) is 23.3. The van der Waals surface area contributed by atoms with E-state index in [4.69, 9.17) is 0 Å². The van der Waals surface area contributed by atoms with Gasteiger partial charge in [0.2, 0.25) is 0 Å². The summed E-state index contributed by atoms with van der Waals surface area (Å²) < 4.78 is 0. The van der Waals surface area contributed by atoms with Crippen molar-refractivity contribution in [1.82, 2.24) is 0 Å². The van der Waals surface area contributed by atoms with E-state index in [1.54, 1.807) is 10.4 Å². The number of allylic oxidation sites excluding steroid dienone is 8. The molecule has 2 heterocycles. The second-order valence-corrected chi connectivity index (χ2v) is 14.7. The Labute approximate surface area is 172 Å². The lowest BCUT2D eigenvalue weighted by Gasteiger charge is -2.35. The standard InChI is InChI=1S/C24H28S2Si/c1-15-13-19(21-9-7-11-25-21)23(17(15)3)27(5,6)24-18(4)16(2)14-20(24)22-10-8-12-26-22/h7-14,17-18H,1-6H3. The van der Waals surface area contributed by atoms with E-state index in [1.807, 2.05) is 22.7 Å². The summed E-state index contributed by atoms with van der Waals surface area (Å²) in [6.07, 6.45) is 4.93. The molecule has 2 aromatic rings.